The molecule has 0 unspecified atom stereocenters. The highest BCUT2D eigenvalue weighted by atomic mass is 16.5. The number of aryl methyl sites for hydroxylation is 3. The van der Waals surface area contributed by atoms with E-state index in [2.05, 4.69) is 35.0 Å². The van der Waals surface area contributed by atoms with Crippen LogP contribution in [0.5, 0.6) is 5.75 Å². The van der Waals surface area contributed by atoms with Gasteiger partial charge in [0.15, 0.2) is 0 Å². The first-order valence-electron chi connectivity index (χ1n) is 10.6. The molecule has 1 aromatic heterocycles. The number of hydrogen-bond acceptors (Lipinski definition) is 4. The zero-order valence-corrected chi connectivity index (χ0v) is 16.9. The number of pyridine rings is 1. The van der Waals surface area contributed by atoms with Crippen molar-refractivity contribution in [1.29, 1.82) is 0 Å². The van der Waals surface area contributed by atoms with E-state index in [1.807, 2.05) is 12.3 Å². The summed E-state index contributed by atoms with van der Waals surface area (Å²) < 4.78 is 5.71. The maximum Gasteiger partial charge on any atom is 0.123 e. The first kappa shape index (κ1) is 18.1. The molecule has 1 aliphatic heterocycles. The Morgan fingerprint density at radius 3 is 2.86 bits per heavy atom. The highest BCUT2D eigenvalue weighted by Gasteiger charge is 2.53. The van der Waals surface area contributed by atoms with E-state index in [0.717, 1.165) is 49.5 Å². The van der Waals surface area contributed by atoms with Gasteiger partial charge >= 0.3 is 0 Å². The van der Waals surface area contributed by atoms with Crippen molar-refractivity contribution < 1.29 is 9.84 Å². The average molecular weight is 379 g/mol. The lowest BCUT2D eigenvalue weighted by atomic mass is 9.83. The maximum absolute atomic E-state index is 11.6. The smallest absolute Gasteiger partial charge is 0.123 e. The number of ether oxygens (including phenoxy) is 1. The Kier molecular flexibility index (Phi) is 4.44. The van der Waals surface area contributed by atoms with Gasteiger partial charge in [-0.15, -0.1) is 0 Å². The summed E-state index contributed by atoms with van der Waals surface area (Å²) in [5, 5.41) is 11.6. The van der Waals surface area contributed by atoms with Gasteiger partial charge in [0.25, 0.3) is 0 Å². The van der Waals surface area contributed by atoms with E-state index in [1.165, 1.54) is 36.0 Å². The van der Waals surface area contributed by atoms with Crippen molar-refractivity contribution in [3.05, 3.63) is 58.4 Å². The molecule has 0 bridgehead atoms. The minimum absolute atomic E-state index is 0.265. The van der Waals surface area contributed by atoms with E-state index in [4.69, 9.17) is 4.74 Å². The molecule has 1 saturated carbocycles. The zero-order valence-electron chi connectivity index (χ0n) is 16.9. The van der Waals surface area contributed by atoms with E-state index < -0.39 is 5.60 Å². The molecule has 3 aliphatic rings. The molecule has 0 spiro atoms. The van der Waals surface area contributed by atoms with Crippen LogP contribution in [0.2, 0.25) is 0 Å². The van der Waals surface area contributed by atoms with Crippen molar-refractivity contribution in [3.8, 4) is 5.75 Å². The molecular formula is C24H30N2O2. The molecule has 4 heteroatoms. The molecule has 5 rings (SSSR count). The first-order chi connectivity index (χ1) is 13.6. The third kappa shape index (κ3) is 2.85. The highest BCUT2D eigenvalue weighted by molar-refractivity contribution is 5.45. The number of benzene rings is 1. The number of aromatic nitrogens is 1. The third-order valence-electron chi connectivity index (χ3n) is 7.33. The molecule has 2 aromatic rings. The predicted molar refractivity (Wildman–Crippen MR) is 109 cm³/mol. The van der Waals surface area contributed by atoms with Gasteiger partial charge < -0.3 is 9.84 Å². The number of hydrogen-bond donors (Lipinski definition) is 1. The minimum atomic E-state index is -0.785. The van der Waals surface area contributed by atoms with Crippen LogP contribution in [0.3, 0.4) is 0 Å². The van der Waals surface area contributed by atoms with Gasteiger partial charge in [-0.25, -0.2) is 0 Å². The summed E-state index contributed by atoms with van der Waals surface area (Å²) in [4.78, 5) is 7.09. The molecule has 0 amide bonds. The Balaban J connectivity index is 1.38. The molecule has 1 saturated heterocycles. The Morgan fingerprint density at radius 2 is 2.07 bits per heavy atom. The Morgan fingerprint density at radius 1 is 1.25 bits per heavy atom. The molecule has 0 radical (unpaired) electrons. The molecule has 2 fully saturated rings. The van der Waals surface area contributed by atoms with Gasteiger partial charge in [0.1, 0.15) is 11.4 Å². The van der Waals surface area contributed by atoms with Crippen molar-refractivity contribution >= 4 is 0 Å². The van der Waals surface area contributed by atoms with Crippen LogP contribution in [-0.4, -0.2) is 35.2 Å². The third-order valence-corrected chi connectivity index (χ3v) is 7.33. The van der Waals surface area contributed by atoms with Crippen molar-refractivity contribution in [3.63, 3.8) is 0 Å². The van der Waals surface area contributed by atoms with Crippen molar-refractivity contribution in [2.75, 3.05) is 20.2 Å². The van der Waals surface area contributed by atoms with Crippen LogP contribution >= 0.6 is 0 Å². The second-order valence-electron chi connectivity index (χ2n) is 8.98. The van der Waals surface area contributed by atoms with Gasteiger partial charge in [0.2, 0.25) is 0 Å². The minimum Gasteiger partial charge on any atom is -0.496 e. The summed E-state index contributed by atoms with van der Waals surface area (Å²) in [7, 11) is 1.78. The van der Waals surface area contributed by atoms with Crippen LogP contribution in [0, 0.1) is 18.8 Å². The predicted octanol–water partition coefficient (Wildman–Crippen LogP) is 3.62. The number of likely N-dealkylation sites (tertiary alicyclic amines) is 1. The monoisotopic (exact) mass is 378 g/mol. The van der Waals surface area contributed by atoms with E-state index in [-0.39, 0.29) is 5.92 Å². The quantitative estimate of drug-likeness (QED) is 0.883. The average Bonchev–Trinajstić information content (AvgIpc) is 3.38. The van der Waals surface area contributed by atoms with Crippen molar-refractivity contribution in [1.82, 2.24) is 9.88 Å². The van der Waals surface area contributed by atoms with Crippen molar-refractivity contribution in [2.24, 2.45) is 11.8 Å². The maximum atomic E-state index is 11.6. The van der Waals surface area contributed by atoms with E-state index in [9.17, 15) is 5.11 Å². The summed E-state index contributed by atoms with van der Waals surface area (Å²) in [5.74, 6) is 1.84. The summed E-state index contributed by atoms with van der Waals surface area (Å²) in [6.45, 7) is 4.95. The Labute approximate surface area is 167 Å². The van der Waals surface area contributed by atoms with Crippen LogP contribution in [0.15, 0.2) is 30.5 Å². The van der Waals surface area contributed by atoms with Crippen LogP contribution < -0.4 is 4.74 Å². The molecule has 28 heavy (non-hydrogen) atoms. The summed E-state index contributed by atoms with van der Waals surface area (Å²) >= 11 is 0. The molecule has 1 aromatic carbocycles. The molecule has 1 N–H and O–H groups in total. The van der Waals surface area contributed by atoms with Gasteiger partial charge in [-0.3, -0.25) is 9.88 Å². The van der Waals surface area contributed by atoms with Gasteiger partial charge in [-0.2, -0.15) is 0 Å². The van der Waals surface area contributed by atoms with Gasteiger partial charge in [0, 0.05) is 37.3 Å². The molecule has 2 heterocycles. The van der Waals surface area contributed by atoms with Crippen LogP contribution in [0.1, 0.15) is 47.2 Å². The zero-order chi connectivity index (χ0) is 19.3. The van der Waals surface area contributed by atoms with Crippen LogP contribution in [0.4, 0.5) is 0 Å². The summed E-state index contributed by atoms with van der Waals surface area (Å²) in [6, 6.07) is 8.64. The number of aliphatic hydroxyl groups is 1. The van der Waals surface area contributed by atoms with Crippen LogP contribution in [0.25, 0.3) is 0 Å². The van der Waals surface area contributed by atoms with E-state index in [1.54, 1.807) is 7.11 Å². The molecule has 4 nitrogen and oxygen atoms in total. The largest absolute Gasteiger partial charge is 0.496 e. The lowest BCUT2D eigenvalue weighted by molar-refractivity contribution is -0.0114. The standard InChI is InChI=1S/C24H30N2O2/c1-16-5-4-10-25-23(16)24(27)9-8-19-13-26(15-21(19)24)14-20-11-17-6-3-7-18(17)12-22(20)28-2/h4-5,10-12,19,21,27H,3,6-9,13-15H2,1-2H3/t19-,21+,24-/m0/s1. The number of nitrogens with zero attached hydrogens (tertiary/aromatic N) is 2. The molecular weight excluding hydrogens is 348 g/mol. The van der Waals surface area contributed by atoms with Gasteiger partial charge in [0.05, 0.1) is 12.8 Å². The Bertz CT molecular complexity index is 896. The van der Waals surface area contributed by atoms with Gasteiger partial charge in [-0.1, -0.05) is 12.1 Å². The molecule has 2 aliphatic carbocycles. The fraction of sp³-hybridized carbons (Fsp3) is 0.542. The number of methoxy groups -OCH3 is 1. The summed E-state index contributed by atoms with van der Waals surface area (Å²) in [5.41, 5.74) is 5.45. The fourth-order valence-electron chi connectivity index (χ4n) is 5.95. The summed E-state index contributed by atoms with van der Waals surface area (Å²) in [6.07, 6.45) is 7.35. The van der Waals surface area contributed by atoms with Gasteiger partial charge in [-0.05, 0) is 73.8 Å². The SMILES string of the molecule is COc1cc2c(cc1CN1C[C@@H]3CC[C@@](O)(c4ncccc4C)[C@@H]3C1)CCC2. The molecule has 3 atom stereocenters. The second-order valence-corrected chi connectivity index (χ2v) is 8.98. The van der Waals surface area contributed by atoms with Crippen LogP contribution in [-0.2, 0) is 25.0 Å². The van der Waals surface area contributed by atoms with Crippen molar-refractivity contribution in [2.45, 2.75) is 51.2 Å². The number of rotatable bonds is 4. The van der Waals surface area contributed by atoms with E-state index in [0.29, 0.717) is 5.92 Å². The topological polar surface area (TPSA) is 45.6 Å². The van der Waals surface area contributed by atoms with E-state index >= 15 is 0 Å². The lowest BCUT2D eigenvalue weighted by Crippen LogP contribution is -2.36. The lowest BCUT2D eigenvalue weighted by Gasteiger charge is -2.31. The number of fused-ring (bicyclic) bond motifs is 2. The molecule has 148 valence electrons. The Hall–Kier alpha value is -1.91. The second kappa shape index (κ2) is 6.85. The first-order valence-corrected chi connectivity index (χ1v) is 10.6. The normalized spacial score (nSPS) is 29.1. The fourth-order valence-corrected chi connectivity index (χ4v) is 5.95. The highest BCUT2D eigenvalue weighted by Crippen LogP contribution is 2.51.